The molecule has 2 aliphatic heterocycles. The maximum Gasteiger partial charge on any atom is 0.243 e. The van der Waals surface area contributed by atoms with Crippen molar-refractivity contribution in [1.29, 1.82) is 0 Å². The van der Waals surface area contributed by atoms with Gasteiger partial charge in [-0.1, -0.05) is 12.1 Å². The Balaban J connectivity index is 1.41. The van der Waals surface area contributed by atoms with Gasteiger partial charge in [0.05, 0.1) is 23.0 Å². The molecule has 178 valence electrons. The summed E-state index contributed by atoms with van der Waals surface area (Å²) in [6.45, 7) is 2.09. The first-order chi connectivity index (χ1) is 15.7. The van der Waals surface area contributed by atoms with Gasteiger partial charge in [-0.2, -0.15) is 4.31 Å². The van der Waals surface area contributed by atoms with Gasteiger partial charge in [0.2, 0.25) is 15.9 Å². The molecule has 2 aromatic rings. The Morgan fingerprint density at radius 2 is 1.61 bits per heavy atom. The lowest BCUT2D eigenvalue weighted by molar-refractivity contribution is -0.118. The molecule has 0 aromatic heterocycles. The molecule has 10 heteroatoms. The molecule has 0 bridgehead atoms. The third kappa shape index (κ3) is 5.29. The molecule has 8 nitrogen and oxygen atoms in total. The van der Waals surface area contributed by atoms with Crippen LogP contribution >= 0.6 is 0 Å². The van der Waals surface area contributed by atoms with E-state index in [0.29, 0.717) is 39.3 Å². The third-order valence-electron chi connectivity index (χ3n) is 6.06. The predicted octanol–water partition coefficient (Wildman–Crippen LogP) is 2.02. The average Bonchev–Trinajstić information content (AvgIpc) is 2.82. The topological polar surface area (TPSA) is 101 Å². The van der Waals surface area contributed by atoms with Gasteiger partial charge < -0.3 is 9.64 Å². The van der Waals surface area contributed by atoms with E-state index >= 15 is 0 Å². The molecule has 0 saturated carbocycles. The van der Waals surface area contributed by atoms with Gasteiger partial charge in [0.15, 0.2) is 9.84 Å². The fourth-order valence-corrected chi connectivity index (χ4v) is 6.29. The number of fused-ring (bicyclic) bond motifs is 1. The van der Waals surface area contributed by atoms with Crippen molar-refractivity contribution < 1.29 is 26.4 Å². The molecule has 0 radical (unpaired) electrons. The van der Waals surface area contributed by atoms with Gasteiger partial charge in [-0.3, -0.25) is 4.79 Å². The lowest BCUT2D eigenvalue weighted by Crippen LogP contribution is -2.40. The molecule has 0 spiro atoms. The van der Waals surface area contributed by atoms with Crippen LogP contribution in [0.1, 0.15) is 24.0 Å². The number of nitrogens with zero attached hydrogens (tertiary/aromatic N) is 2. The lowest BCUT2D eigenvalue weighted by atomic mass is 10.0. The number of hydrogen-bond donors (Lipinski definition) is 0. The molecule has 0 N–H and O–H groups in total. The van der Waals surface area contributed by atoms with E-state index in [1.807, 2.05) is 0 Å². The van der Waals surface area contributed by atoms with Crippen molar-refractivity contribution >= 4 is 31.5 Å². The molecule has 2 heterocycles. The predicted molar refractivity (Wildman–Crippen MR) is 125 cm³/mol. The molecular weight excluding hydrogens is 464 g/mol. The molecule has 2 aliphatic rings. The summed E-state index contributed by atoms with van der Waals surface area (Å²) >= 11 is 0. The zero-order valence-corrected chi connectivity index (χ0v) is 20.2. The monoisotopic (exact) mass is 492 g/mol. The normalized spacial score (nSPS) is 17.5. The molecule has 4 rings (SSSR count). The van der Waals surface area contributed by atoms with Crippen molar-refractivity contribution in [2.75, 3.05) is 44.0 Å². The van der Waals surface area contributed by atoms with Crippen molar-refractivity contribution in [3.05, 3.63) is 53.6 Å². The first kappa shape index (κ1) is 23.9. The summed E-state index contributed by atoms with van der Waals surface area (Å²) in [7, 11) is -6.84. The number of benzene rings is 2. The second-order valence-corrected chi connectivity index (χ2v) is 12.3. The van der Waals surface area contributed by atoms with Crippen molar-refractivity contribution in [3.63, 3.8) is 0 Å². The smallest absolute Gasteiger partial charge is 0.243 e. The molecular formula is C23H28N2O6S2. The van der Waals surface area contributed by atoms with Gasteiger partial charge in [-0.15, -0.1) is 0 Å². The number of anilines is 1. The molecule has 33 heavy (non-hydrogen) atoms. The molecule has 1 amide bonds. The highest BCUT2D eigenvalue weighted by Gasteiger charge is 2.27. The Bertz CT molecular complexity index is 1230. The number of carbonyl (C=O) groups is 1. The van der Waals surface area contributed by atoms with Crippen LogP contribution in [0.15, 0.2) is 52.3 Å². The summed E-state index contributed by atoms with van der Waals surface area (Å²) in [6.07, 6.45) is 3.46. The standard InChI is InChI=1S/C23H28N2O6S2/c1-32(27,28)21-9-10-22-19(17-21)3-2-12-25(22)23(26)11-6-18-4-7-20(8-5-18)33(29,30)24-13-15-31-16-14-24/h4-5,7-10,17H,2-3,6,11-16H2,1H3. The van der Waals surface area contributed by atoms with Gasteiger partial charge in [-0.25, -0.2) is 16.8 Å². The minimum Gasteiger partial charge on any atom is -0.379 e. The number of amides is 1. The average molecular weight is 493 g/mol. The van der Waals surface area contributed by atoms with Gasteiger partial charge in [0.1, 0.15) is 0 Å². The van der Waals surface area contributed by atoms with Gasteiger partial charge in [0, 0.05) is 38.0 Å². The summed E-state index contributed by atoms with van der Waals surface area (Å²) in [4.78, 5) is 15.2. The van der Waals surface area contributed by atoms with Crippen LogP contribution in [0.25, 0.3) is 0 Å². The van der Waals surface area contributed by atoms with E-state index in [4.69, 9.17) is 4.74 Å². The highest BCUT2D eigenvalue weighted by Crippen LogP contribution is 2.30. The Hall–Kier alpha value is -2.27. The van der Waals surface area contributed by atoms with Gasteiger partial charge in [-0.05, 0) is 60.7 Å². The number of ether oxygens (including phenoxy) is 1. The van der Waals surface area contributed by atoms with Crippen LogP contribution in [0.2, 0.25) is 0 Å². The Morgan fingerprint density at radius 1 is 0.939 bits per heavy atom. The van der Waals surface area contributed by atoms with Crippen LogP contribution < -0.4 is 4.90 Å². The second-order valence-electron chi connectivity index (χ2n) is 8.37. The molecule has 1 saturated heterocycles. The molecule has 2 aromatic carbocycles. The number of aryl methyl sites for hydroxylation is 2. The summed E-state index contributed by atoms with van der Waals surface area (Å²) in [5.74, 6) is -0.0342. The van der Waals surface area contributed by atoms with Crippen LogP contribution in [0.3, 0.4) is 0 Å². The van der Waals surface area contributed by atoms with Crippen molar-refractivity contribution in [1.82, 2.24) is 4.31 Å². The van der Waals surface area contributed by atoms with E-state index in [2.05, 4.69) is 0 Å². The number of morpholine rings is 1. The number of sulfone groups is 1. The summed E-state index contributed by atoms with van der Waals surface area (Å²) in [5.41, 5.74) is 2.52. The van der Waals surface area contributed by atoms with E-state index < -0.39 is 19.9 Å². The quantitative estimate of drug-likeness (QED) is 0.612. The summed E-state index contributed by atoms with van der Waals surface area (Å²) in [6, 6.07) is 11.6. The van der Waals surface area contributed by atoms with Gasteiger partial charge in [0.25, 0.3) is 0 Å². The fourth-order valence-electron chi connectivity index (χ4n) is 4.21. The SMILES string of the molecule is CS(=O)(=O)c1ccc2c(c1)CCCN2C(=O)CCc1ccc(S(=O)(=O)N2CCOCC2)cc1. The van der Waals surface area contributed by atoms with Crippen molar-refractivity contribution in [3.8, 4) is 0 Å². The molecule has 0 unspecified atom stereocenters. The number of sulfonamides is 1. The summed E-state index contributed by atoms with van der Waals surface area (Å²) < 4.78 is 55.8. The van der Waals surface area contributed by atoms with Crippen LogP contribution in [-0.2, 0) is 42.2 Å². The number of carbonyl (C=O) groups excluding carboxylic acids is 1. The Kier molecular flexibility index (Phi) is 6.90. The molecule has 0 atom stereocenters. The molecule has 0 aliphatic carbocycles. The molecule has 1 fully saturated rings. The Morgan fingerprint density at radius 3 is 2.27 bits per heavy atom. The zero-order valence-electron chi connectivity index (χ0n) is 18.6. The van der Waals surface area contributed by atoms with E-state index in [-0.39, 0.29) is 22.1 Å². The fraction of sp³-hybridized carbons (Fsp3) is 0.435. The highest BCUT2D eigenvalue weighted by atomic mass is 32.2. The van der Waals surface area contributed by atoms with Gasteiger partial charge >= 0.3 is 0 Å². The van der Waals surface area contributed by atoms with Crippen molar-refractivity contribution in [2.45, 2.75) is 35.5 Å². The summed E-state index contributed by atoms with van der Waals surface area (Å²) in [5, 5.41) is 0. The zero-order chi connectivity index (χ0) is 23.6. The minimum absolute atomic E-state index is 0.0342. The van der Waals surface area contributed by atoms with E-state index in [1.165, 1.54) is 10.6 Å². The highest BCUT2D eigenvalue weighted by molar-refractivity contribution is 7.90. The van der Waals surface area contributed by atoms with E-state index in [0.717, 1.165) is 29.7 Å². The maximum absolute atomic E-state index is 12.9. The lowest BCUT2D eigenvalue weighted by Gasteiger charge is -2.30. The maximum atomic E-state index is 12.9. The first-order valence-corrected chi connectivity index (χ1v) is 14.3. The van der Waals surface area contributed by atoms with Crippen LogP contribution in [-0.4, -0.2) is 66.2 Å². The van der Waals surface area contributed by atoms with E-state index in [9.17, 15) is 21.6 Å². The van der Waals surface area contributed by atoms with Crippen molar-refractivity contribution in [2.24, 2.45) is 0 Å². The van der Waals surface area contributed by atoms with Crippen LogP contribution in [0.5, 0.6) is 0 Å². The van der Waals surface area contributed by atoms with E-state index in [1.54, 1.807) is 47.4 Å². The number of rotatable bonds is 6. The Labute approximate surface area is 195 Å². The first-order valence-electron chi connectivity index (χ1n) is 11.0. The number of hydrogen-bond acceptors (Lipinski definition) is 6. The van der Waals surface area contributed by atoms with Crippen LogP contribution in [0, 0.1) is 0 Å². The minimum atomic E-state index is -3.54. The largest absolute Gasteiger partial charge is 0.379 e. The van der Waals surface area contributed by atoms with Crippen LogP contribution in [0.4, 0.5) is 5.69 Å². The third-order valence-corrected chi connectivity index (χ3v) is 9.08. The second kappa shape index (κ2) is 9.54.